The molecule has 20 heavy (non-hydrogen) atoms. The third-order valence-corrected chi connectivity index (χ3v) is 2.43. The lowest BCUT2D eigenvalue weighted by molar-refractivity contribution is -0.137. The number of carbonyl (C=O) groups is 1. The summed E-state index contributed by atoms with van der Waals surface area (Å²) in [6.07, 6.45) is 1.30. The third kappa shape index (κ3) is 3.42. The van der Waals surface area contributed by atoms with Crippen molar-refractivity contribution in [3.8, 4) is 23.3 Å². The molecule has 0 fully saturated rings. The summed E-state index contributed by atoms with van der Waals surface area (Å²) < 4.78 is 15.0. The molecule has 1 aromatic rings. The van der Waals surface area contributed by atoms with Gasteiger partial charge in [-0.3, -0.25) is 0 Å². The van der Waals surface area contributed by atoms with E-state index in [1.807, 2.05) is 0 Å². The number of nitrogens with zero attached hydrogens (tertiary/aromatic N) is 1. The molecule has 0 aliphatic carbocycles. The third-order valence-electron chi connectivity index (χ3n) is 2.43. The molecule has 1 rings (SSSR count). The average Bonchev–Trinajstić information content (AvgIpc) is 2.45. The number of phenols is 1. The first-order valence-corrected chi connectivity index (χ1v) is 5.81. The zero-order chi connectivity index (χ0) is 15.1. The summed E-state index contributed by atoms with van der Waals surface area (Å²) in [5.74, 6) is -0.226. The molecule has 6 nitrogen and oxygen atoms in total. The molecule has 0 aliphatic rings. The topological polar surface area (TPSA) is 88.8 Å². The number of rotatable bonds is 5. The van der Waals surface area contributed by atoms with Crippen molar-refractivity contribution < 1.29 is 24.1 Å². The van der Waals surface area contributed by atoms with Crippen molar-refractivity contribution in [2.75, 3.05) is 20.8 Å². The molecular formula is C14H15NO5. The number of aromatic hydroxyl groups is 1. The van der Waals surface area contributed by atoms with Crippen LogP contribution in [-0.2, 0) is 9.53 Å². The summed E-state index contributed by atoms with van der Waals surface area (Å²) in [7, 11) is 2.81. The van der Waals surface area contributed by atoms with Crippen molar-refractivity contribution in [3.05, 3.63) is 23.3 Å². The van der Waals surface area contributed by atoms with Crippen LogP contribution in [0.4, 0.5) is 0 Å². The van der Waals surface area contributed by atoms with Gasteiger partial charge in [0.1, 0.15) is 28.9 Å². The number of nitriles is 1. The molecule has 0 bridgehead atoms. The van der Waals surface area contributed by atoms with Gasteiger partial charge in [0.05, 0.1) is 26.4 Å². The minimum Gasteiger partial charge on any atom is -0.508 e. The van der Waals surface area contributed by atoms with E-state index in [9.17, 15) is 9.90 Å². The van der Waals surface area contributed by atoms with Gasteiger partial charge in [-0.05, 0) is 13.0 Å². The Bertz CT molecular complexity index is 546. The maximum absolute atomic E-state index is 11.6. The van der Waals surface area contributed by atoms with E-state index < -0.39 is 5.97 Å². The van der Waals surface area contributed by atoms with Crippen LogP contribution >= 0.6 is 0 Å². The summed E-state index contributed by atoms with van der Waals surface area (Å²) in [5.41, 5.74) is 0.187. The molecule has 0 amide bonds. The maximum atomic E-state index is 11.6. The van der Waals surface area contributed by atoms with E-state index in [4.69, 9.17) is 19.5 Å². The Labute approximate surface area is 116 Å². The van der Waals surface area contributed by atoms with Crippen molar-refractivity contribution in [2.24, 2.45) is 0 Å². The summed E-state index contributed by atoms with van der Waals surface area (Å²) in [6, 6.07) is 4.48. The van der Waals surface area contributed by atoms with E-state index in [2.05, 4.69) is 0 Å². The van der Waals surface area contributed by atoms with Gasteiger partial charge in [0, 0.05) is 12.1 Å². The Kier molecular flexibility index (Phi) is 5.42. The van der Waals surface area contributed by atoms with Gasteiger partial charge >= 0.3 is 5.97 Å². The van der Waals surface area contributed by atoms with Gasteiger partial charge in [-0.1, -0.05) is 0 Å². The van der Waals surface area contributed by atoms with Gasteiger partial charge in [0.2, 0.25) is 0 Å². The Balaban J connectivity index is 3.37. The lowest BCUT2D eigenvalue weighted by atomic mass is 10.1. The quantitative estimate of drug-likeness (QED) is 0.502. The Morgan fingerprint density at radius 1 is 1.35 bits per heavy atom. The highest BCUT2D eigenvalue weighted by atomic mass is 16.5. The lowest BCUT2D eigenvalue weighted by Gasteiger charge is -2.11. The van der Waals surface area contributed by atoms with Gasteiger partial charge in [-0.25, -0.2) is 4.79 Å². The van der Waals surface area contributed by atoms with Crippen LogP contribution in [-0.4, -0.2) is 31.9 Å². The minimum absolute atomic E-state index is 0.0505. The van der Waals surface area contributed by atoms with Gasteiger partial charge in [0.15, 0.2) is 0 Å². The summed E-state index contributed by atoms with van der Waals surface area (Å²) in [6.45, 7) is 1.82. The van der Waals surface area contributed by atoms with Crippen LogP contribution in [0.25, 0.3) is 6.08 Å². The molecule has 1 N–H and O–H groups in total. The zero-order valence-corrected chi connectivity index (χ0v) is 11.5. The SMILES string of the molecule is CCOC(=O)/C(C#N)=C/c1c(OC)cc(O)cc1OC. The molecule has 1 aromatic carbocycles. The lowest BCUT2D eigenvalue weighted by Crippen LogP contribution is -2.06. The highest BCUT2D eigenvalue weighted by Crippen LogP contribution is 2.35. The van der Waals surface area contributed by atoms with E-state index in [0.717, 1.165) is 0 Å². The average molecular weight is 277 g/mol. The van der Waals surface area contributed by atoms with E-state index in [-0.39, 0.29) is 29.4 Å². The molecule has 0 aliphatic heterocycles. The number of esters is 1. The molecule has 0 atom stereocenters. The maximum Gasteiger partial charge on any atom is 0.348 e. The van der Waals surface area contributed by atoms with Crippen LogP contribution in [0.2, 0.25) is 0 Å². The molecule has 0 aromatic heterocycles. The fraction of sp³-hybridized carbons (Fsp3) is 0.286. The highest BCUT2D eigenvalue weighted by molar-refractivity contribution is 5.98. The van der Waals surface area contributed by atoms with Crippen molar-refractivity contribution in [3.63, 3.8) is 0 Å². The summed E-state index contributed by atoms with van der Waals surface area (Å²) >= 11 is 0. The van der Waals surface area contributed by atoms with E-state index in [1.165, 1.54) is 32.4 Å². The van der Waals surface area contributed by atoms with Gasteiger partial charge in [0.25, 0.3) is 0 Å². The summed E-state index contributed by atoms with van der Waals surface area (Å²) in [4.78, 5) is 11.6. The van der Waals surface area contributed by atoms with Gasteiger partial charge < -0.3 is 19.3 Å². The Morgan fingerprint density at radius 3 is 2.30 bits per heavy atom. The number of hydrogen-bond acceptors (Lipinski definition) is 6. The molecule has 0 heterocycles. The van der Waals surface area contributed by atoms with Crippen molar-refractivity contribution >= 4 is 12.0 Å². The van der Waals surface area contributed by atoms with Crippen LogP contribution in [0.5, 0.6) is 17.2 Å². The molecule has 6 heteroatoms. The second-order valence-corrected chi connectivity index (χ2v) is 3.65. The molecule has 0 saturated carbocycles. The molecule has 0 spiro atoms. The van der Waals surface area contributed by atoms with Crippen molar-refractivity contribution in [1.82, 2.24) is 0 Å². The molecule has 0 radical (unpaired) electrons. The van der Waals surface area contributed by atoms with Crippen LogP contribution in [0.3, 0.4) is 0 Å². The second-order valence-electron chi connectivity index (χ2n) is 3.65. The minimum atomic E-state index is -0.729. The van der Waals surface area contributed by atoms with Crippen LogP contribution in [0.15, 0.2) is 17.7 Å². The number of carbonyl (C=O) groups excluding carboxylic acids is 1. The number of methoxy groups -OCH3 is 2. The van der Waals surface area contributed by atoms with Crippen molar-refractivity contribution in [1.29, 1.82) is 5.26 Å². The first-order valence-electron chi connectivity index (χ1n) is 5.81. The molecule has 0 saturated heterocycles. The van der Waals surface area contributed by atoms with Crippen LogP contribution in [0.1, 0.15) is 12.5 Å². The van der Waals surface area contributed by atoms with E-state index >= 15 is 0 Å². The number of benzene rings is 1. The zero-order valence-electron chi connectivity index (χ0n) is 11.5. The van der Waals surface area contributed by atoms with Crippen LogP contribution < -0.4 is 9.47 Å². The monoisotopic (exact) mass is 277 g/mol. The van der Waals surface area contributed by atoms with Gasteiger partial charge in [-0.15, -0.1) is 0 Å². The fourth-order valence-electron chi connectivity index (χ4n) is 1.56. The molecular weight excluding hydrogens is 262 g/mol. The number of ether oxygens (including phenoxy) is 3. The summed E-state index contributed by atoms with van der Waals surface area (Å²) in [5, 5.41) is 18.5. The predicted molar refractivity (Wildman–Crippen MR) is 71.4 cm³/mol. The molecule has 0 unspecified atom stereocenters. The number of phenolic OH excluding ortho intramolecular Hbond substituents is 1. The normalized spacial score (nSPS) is 10.6. The second kappa shape index (κ2) is 7.04. The first kappa shape index (κ1) is 15.4. The van der Waals surface area contributed by atoms with Crippen LogP contribution in [0, 0.1) is 11.3 Å². The first-order chi connectivity index (χ1) is 9.57. The Hall–Kier alpha value is -2.68. The Morgan fingerprint density at radius 2 is 1.90 bits per heavy atom. The standard InChI is InChI=1S/C14H15NO5/c1-4-20-14(17)9(8-15)5-11-12(18-2)6-10(16)7-13(11)19-3/h5-7,16H,4H2,1-3H3/b9-5+. The van der Waals surface area contributed by atoms with Crippen molar-refractivity contribution in [2.45, 2.75) is 6.92 Å². The van der Waals surface area contributed by atoms with E-state index in [1.54, 1.807) is 13.0 Å². The number of hydrogen-bond donors (Lipinski definition) is 1. The largest absolute Gasteiger partial charge is 0.508 e. The predicted octanol–water partition coefficient (Wildman–Crippen LogP) is 1.88. The highest BCUT2D eigenvalue weighted by Gasteiger charge is 2.15. The smallest absolute Gasteiger partial charge is 0.348 e. The van der Waals surface area contributed by atoms with Gasteiger partial charge in [-0.2, -0.15) is 5.26 Å². The van der Waals surface area contributed by atoms with E-state index in [0.29, 0.717) is 5.56 Å². The molecule has 106 valence electrons. The fourth-order valence-corrected chi connectivity index (χ4v) is 1.56.